The molecule has 1 atom stereocenters. The number of hydrogen-bond donors (Lipinski definition) is 1. The third-order valence-corrected chi connectivity index (χ3v) is 6.63. The van der Waals surface area contributed by atoms with E-state index in [1.807, 2.05) is 48.5 Å². The number of nitrogens with zero attached hydrogens (tertiary/aromatic N) is 1. The minimum absolute atomic E-state index is 0.0119. The maximum Gasteiger partial charge on any atom is 0.304 e. The lowest BCUT2D eigenvalue weighted by atomic mass is 10.00. The van der Waals surface area contributed by atoms with Crippen LogP contribution in [-0.2, 0) is 21.2 Å². The summed E-state index contributed by atoms with van der Waals surface area (Å²) in [6.45, 7) is 1.00. The van der Waals surface area contributed by atoms with Crippen LogP contribution in [0.15, 0.2) is 60.8 Å². The van der Waals surface area contributed by atoms with Crippen LogP contribution in [0.5, 0.6) is 17.4 Å². The van der Waals surface area contributed by atoms with Crippen molar-refractivity contribution in [1.29, 1.82) is 0 Å². The predicted molar refractivity (Wildman–Crippen MR) is 131 cm³/mol. The van der Waals surface area contributed by atoms with Crippen molar-refractivity contribution in [3.63, 3.8) is 0 Å². The van der Waals surface area contributed by atoms with Crippen LogP contribution in [0, 0.1) is 0 Å². The molecule has 8 nitrogen and oxygen atoms in total. The maximum atomic E-state index is 11.2. The van der Waals surface area contributed by atoms with Crippen LogP contribution in [0.3, 0.4) is 0 Å². The number of pyridine rings is 1. The molecule has 3 aromatic rings. The van der Waals surface area contributed by atoms with Crippen molar-refractivity contribution in [3.05, 3.63) is 71.9 Å². The number of carboxylic acids is 1. The molecule has 2 heterocycles. The standard InChI is InChI=1S/C26H27NO7S/c1-35(30,31)11-3-10-32-22-8-6-19(7-9-22)20-5-2-4-18(12-20)16-34-25-14-24-23(15-27-25)21(17-33-24)13-26(28)29/h2,4-9,12,14-15,21H,3,10-11,13,16-17H2,1H3,(H,28,29). The molecular formula is C26H27NO7S. The van der Waals surface area contributed by atoms with Crippen molar-refractivity contribution in [2.45, 2.75) is 25.4 Å². The zero-order chi connectivity index (χ0) is 24.8. The molecule has 2 aromatic carbocycles. The van der Waals surface area contributed by atoms with E-state index in [1.165, 1.54) is 6.26 Å². The van der Waals surface area contributed by atoms with Gasteiger partial charge in [-0.05, 0) is 41.3 Å². The number of hydrogen-bond acceptors (Lipinski definition) is 7. The van der Waals surface area contributed by atoms with Gasteiger partial charge in [0.05, 0.1) is 25.4 Å². The summed E-state index contributed by atoms with van der Waals surface area (Å²) in [6.07, 6.45) is 3.32. The average Bonchev–Trinajstić information content (AvgIpc) is 3.22. The van der Waals surface area contributed by atoms with Gasteiger partial charge in [-0.25, -0.2) is 13.4 Å². The monoisotopic (exact) mass is 497 g/mol. The first-order valence-electron chi connectivity index (χ1n) is 11.2. The third-order valence-electron chi connectivity index (χ3n) is 5.60. The first-order valence-corrected chi connectivity index (χ1v) is 13.3. The number of aliphatic carboxylic acids is 1. The zero-order valence-corrected chi connectivity index (χ0v) is 20.2. The minimum Gasteiger partial charge on any atom is -0.494 e. The van der Waals surface area contributed by atoms with Crippen LogP contribution in [0.2, 0.25) is 0 Å². The van der Waals surface area contributed by atoms with Crippen molar-refractivity contribution >= 4 is 15.8 Å². The molecule has 9 heteroatoms. The lowest BCUT2D eigenvalue weighted by molar-refractivity contribution is -0.137. The second-order valence-corrected chi connectivity index (χ2v) is 10.8. The van der Waals surface area contributed by atoms with Crippen molar-refractivity contribution in [1.82, 2.24) is 4.98 Å². The zero-order valence-electron chi connectivity index (χ0n) is 19.3. The molecule has 1 aliphatic heterocycles. The Kier molecular flexibility index (Phi) is 7.55. The Hall–Kier alpha value is -3.59. The van der Waals surface area contributed by atoms with Crippen molar-refractivity contribution in [3.8, 4) is 28.5 Å². The van der Waals surface area contributed by atoms with Gasteiger partial charge in [0.2, 0.25) is 5.88 Å². The predicted octanol–water partition coefficient (Wildman–Crippen LogP) is 4.09. The number of fused-ring (bicyclic) bond motifs is 1. The van der Waals surface area contributed by atoms with E-state index in [0.29, 0.717) is 43.6 Å². The lowest BCUT2D eigenvalue weighted by Gasteiger charge is -2.10. The van der Waals surface area contributed by atoms with Gasteiger partial charge in [0.1, 0.15) is 27.9 Å². The topological polar surface area (TPSA) is 112 Å². The molecule has 35 heavy (non-hydrogen) atoms. The Morgan fingerprint density at radius 2 is 1.91 bits per heavy atom. The van der Waals surface area contributed by atoms with Gasteiger partial charge in [0, 0.05) is 30.0 Å². The van der Waals surface area contributed by atoms with Gasteiger partial charge in [-0.15, -0.1) is 0 Å². The first-order chi connectivity index (χ1) is 16.8. The first kappa shape index (κ1) is 24.5. The van der Waals surface area contributed by atoms with E-state index in [4.69, 9.17) is 19.3 Å². The fourth-order valence-electron chi connectivity index (χ4n) is 3.85. The number of sulfone groups is 1. The number of ether oxygens (including phenoxy) is 3. The van der Waals surface area contributed by atoms with Crippen molar-refractivity contribution < 1.29 is 32.5 Å². The Balaban J connectivity index is 1.34. The number of rotatable bonds is 11. The lowest BCUT2D eigenvalue weighted by Crippen LogP contribution is -2.07. The van der Waals surface area contributed by atoms with E-state index in [1.54, 1.807) is 12.3 Å². The number of benzene rings is 2. The molecule has 0 fully saturated rings. The van der Waals surface area contributed by atoms with Gasteiger partial charge in [-0.2, -0.15) is 0 Å². The highest BCUT2D eigenvalue weighted by atomic mass is 32.2. The Bertz CT molecular complexity index is 1290. The van der Waals surface area contributed by atoms with Gasteiger partial charge in [0.15, 0.2) is 0 Å². The van der Waals surface area contributed by atoms with E-state index in [-0.39, 0.29) is 18.1 Å². The van der Waals surface area contributed by atoms with E-state index >= 15 is 0 Å². The Morgan fingerprint density at radius 3 is 2.66 bits per heavy atom. The highest BCUT2D eigenvalue weighted by Crippen LogP contribution is 2.37. The van der Waals surface area contributed by atoms with E-state index in [9.17, 15) is 13.2 Å². The molecule has 0 saturated carbocycles. The second-order valence-electron chi connectivity index (χ2n) is 8.51. The average molecular weight is 498 g/mol. The molecule has 0 amide bonds. The SMILES string of the molecule is CS(=O)(=O)CCCOc1ccc(-c2cccc(COc3cc4c(cn3)C(CC(=O)O)CO4)c2)cc1. The normalized spacial score (nSPS) is 14.7. The van der Waals surface area contributed by atoms with E-state index in [0.717, 1.165) is 22.3 Å². The maximum absolute atomic E-state index is 11.2. The Labute approximate surface area is 204 Å². The smallest absolute Gasteiger partial charge is 0.304 e. The summed E-state index contributed by atoms with van der Waals surface area (Å²) in [4.78, 5) is 15.3. The van der Waals surface area contributed by atoms with E-state index < -0.39 is 15.8 Å². The molecule has 0 aliphatic carbocycles. The summed E-state index contributed by atoms with van der Waals surface area (Å²) < 4.78 is 39.5. The molecule has 1 aromatic heterocycles. The molecule has 0 saturated heterocycles. The molecule has 1 N–H and O–H groups in total. The fourth-order valence-corrected chi connectivity index (χ4v) is 4.49. The van der Waals surface area contributed by atoms with Crippen LogP contribution < -0.4 is 14.2 Å². The summed E-state index contributed by atoms with van der Waals surface area (Å²) in [5.41, 5.74) is 3.81. The summed E-state index contributed by atoms with van der Waals surface area (Å²) in [5.74, 6) is 0.788. The molecular weight excluding hydrogens is 470 g/mol. The van der Waals surface area contributed by atoms with Crippen LogP contribution in [-0.4, -0.2) is 49.7 Å². The largest absolute Gasteiger partial charge is 0.494 e. The van der Waals surface area contributed by atoms with Gasteiger partial charge in [-0.3, -0.25) is 4.79 Å². The molecule has 1 aliphatic rings. The molecule has 4 rings (SSSR count). The minimum atomic E-state index is -2.98. The van der Waals surface area contributed by atoms with Crippen LogP contribution in [0.1, 0.15) is 29.9 Å². The van der Waals surface area contributed by atoms with Gasteiger partial charge in [-0.1, -0.05) is 30.3 Å². The fraction of sp³-hybridized carbons (Fsp3) is 0.308. The highest BCUT2D eigenvalue weighted by Gasteiger charge is 2.27. The quantitative estimate of drug-likeness (QED) is 0.394. The summed E-state index contributed by atoms with van der Waals surface area (Å²) in [5, 5.41) is 9.03. The second kappa shape index (κ2) is 10.8. The highest BCUT2D eigenvalue weighted by molar-refractivity contribution is 7.90. The molecule has 0 radical (unpaired) electrons. The van der Waals surface area contributed by atoms with Crippen LogP contribution >= 0.6 is 0 Å². The van der Waals surface area contributed by atoms with Crippen LogP contribution in [0.25, 0.3) is 11.1 Å². The summed E-state index contributed by atoms with van der Waals surface area (Å²) >= 11 is 0. The molecule has 0 bridgehead atoms. The Morgan fingerprint density at radius 1 is 1.11 bits per heavy atom. The molecule has 1 unspecified atom stereocenters. The van der Waals surface area contributed by atoms with Gasteiger partial charge >= 0.3 is 5.97 Å². The molecule has 184 valence electrons. The van der Waals surface area contributed by atoms with Gasteiger partial charge in [0.25, 0.3) is 0 Å². The number of carbonyl (C=O) groups is 1. The van der Waals surface area contributed by atoms with Crippen molar-refractivity contribution in [2.24, 2.45) is 0 Å². The van der Waals surface area contributed by atoms with E-state index in [2.05, 4.69) is 4.98 Å². The summed E-state index contributed by atoms with van der Waals surface area (Å²) in [7, 11) is -2.98. The van der Waals surface area contributed by atoms with Gasteiger partial charge < -0.3 is 19.3 Å². The van der Waals surface area contributed by atoms with Crippen LogP contribution in [0.4, 0.5) is 0 Å². The third kappa shape index (κ3) is 6.95. The van der Waals surface area contributed by atoms with Crippen molar-refractivity contribution in [2.75, 3.05) is 25.2 Å². The number of carboxylic acid groups (broad SMARTS) is 1. The summed E-state index contributed by atoms with van der Waals surface area (Å²) in [6, 6.07) is 17.3. The number of aromatic nitrogens is 1. The molecule has 0 spiro atoms.